The van der Waals surface area contributed by atoms with E-state index >= 15 is 0 Å². The summed E-state index contributed by atoms with van der Waals surface area (Å²) in [4.78, 5) is 0. The Hall–Kier alpha value is -0.0400. The standard InChI is InChI=1S/C13H25N/c1-3-12(11-6-7-11)14-10-13(2)8-4-5-9-13/h11-12,14H,3-10H2,1-2H3. The number of hydrogen-bond acceptors (Lipinski definition) is 1. The Balaban J connectivity index is 1.74. The molecule has 0 aromatic rings. The first kappa shape index (κ1) is 10.5. The van der Waals surface area contributed by atoms with Gasteiger partial charge in [0.1, 0.15) is 0 Å². The van der Waals surface area contributed by atoms with Gasteiger partial charge in [0.15, 0.2) is 0 Å². The van der Waals surface area contributed by atoms with E-state index in [1.54, 1.807) is 0 Å². The van der Waals surface area contributed by atoms with Crippen LogP contribution in [0, 0.1) is 11.3 Å². The molecule has 82 valence electrons. The molecule has 2 aliphatic carbocycles. The number of rotatable bonds is 5. The van der Waals surface area contributed by atoms with Gasteiger partial charge in [0.25, 0.3) is 0 Å². The smallest absolute Gasteiger partial charge is 0.00929 e. The predicted molar refractivity (Wildman–Crippen MR) is 61.4 cm³/mol. The summed E-state index contributed by atoms with van der Waals surface area (Å²) in [7, 11) is 0. The highest BCUT2D eigenvalue weighted by Gasteiger charge is 2.33. The molecular formula is C13H25N. The van der Waals surface area contributed by atoms with Gasteiger partial charge >= 0.3 is 0 Å². The molecule has 2 rings (SSSR count). The van der Waals surface area contributed by atoms with Crippen molar-refractivity contribution in [3.8, 4) is 0 Å². The second-order valence-electron chi connectivity index (χ2n) is 5.75. The highest BCUT2D eigenvalue weighted by atomic mass is 14.9. The summed E-state index contributed by atoms with van der Waals surface area (Å²) >= 11 is 0. The molecule has 0 amide bonds. The zero-order valence-electron chi connectivity index (χ0n) is 9.81. The SMILES string of the molecule is CCC(NCC1(C)CCCC1)C1CC1. The van der Waals surface area contributed by atoms with Gasteiger partial charge in [-0.3, -0.25) is 0 Å². The van der Waals surface area contributed by atoms with Gasteiger partial charge in [0.05, 0.1) is 0 Å². The van der Waals surface area contributed by atoms with Gasteiger partial charge in [-0.25, -0.2) is 0 Å². The molecule has 1 nitrogen and oxygen atoms in total. The van der Waals surface area contributed by atoms with Crippen molar-refractivity contribution in [3.05, 3.63) is 0 Å². The summed E-state index contributed by atoms with van der Waals surface area (Å²) in [6, 6.07) is 0.826. The summed E-state index contributed by atoms with van der Waals surface area (Å²) in [6.07, 6.45) is 10.1. The van der Waals surface area contributed by atoms with E-state index < -0.39 is 0 Å². The van der Waals surface area contributed by atoms with E-state index in [4.69, 9.17) is 0 Å². The third kappa shape index (κ3) is 2.50. The maximum absolute atomic E-state index is 3.81. The fraction of sp³-hybridized carbons (Fsp3) is 1.00. The second-order valence-corrected chi connectivity index (χ2v) is 5.75. The molecule has 2 fully saturated rings. The van der Waals surface area contributed by atoms with Crippen molar-refractivity contribution >= 4 is 0 Å². The van der Waals surface area contributed by atoms with E-state index in [0.717, 1.165) is 12.0 Å². The quantitative estimate of drug-likeness (QED) is 0.709. The van der Waals surface area contributed by atoms with Gasteiger partial charge in [-0.1, -0.05) is 26.7 Å². The lowest BCUT2D eigenvalue weighted by atomic mass is 9.88. The molecule has 14 heavy (non-hydrogen) atoms. The zero-order chi connectivity index (χ0) is 10.0. The zero-order valence-corrected chi connectivity index (χ0v) is 9.81. The predicted octanol–water partition coefficient (Wildman–Crippen LogP) is 3.34. The lowest BCUT2D eigenvalue weighted by Gasteiger charge is -2.27. The minimum atomic E-state index is 0.627. The van der Waals surface area contributed by atoms with Gasteiger partial charge in [-0.2, -0.15) is 0 Å². The Morgan fingerprint density at radius 3 is 2.43 bits per heavy atom. The first-order valence-corrected chi connectivity index (χ1v) is 6.47. The van der Waals surface area contributed by atoms with E-state index in [9.17, 15) is 0 Å². The van der Waals surface area contributed by atoms with E-state index in [0.29, 0.717) is 5.41 Å². The maximum atomic E-state index is 3.81. The molecule has 1 unspecified atom stereocenters. The average molecular weight is 195 g/mol. The van der Waals surface area contributed by atoms with Crippen molar-refractivity contribution in [1.82, 2.24) is 5.32 Å². The summed E-state index contributed by atoms with van der Waals surface area (Å²) in [5.41, 5.74) is 0.627. The van der Waals surface area contributed by atoms with Gasteiger partial charge in [0.2, 0.25) is 0 Å². The fourth-order valence-corrected chi connectivity index (χ4v) is 2.93. The van der Waals surface area contributed by atoms with Gasteiger partial charge in [-0.15, -0.1) is 0 Å². The van der Waals surface area contributed by atoms with Crippen LogP contribution in [0.2, 0.25) is 0 Å². The maximum Gasteiger partial charge on any atom is 0.00929 e. The van der Waals surface area contributed by atoms with Crippen LogP contribution in [0.1, 0.15) is 58.8 Å². The molecule has 0 bridgehead atoms. The van der Waals surface area contributed by atoms with Crippen LogP contribution in [0.25, 0.3) is 0 Å². The van der Waals surface area contributed by atoms with E-state index in [2.05, 4.69) is 19.2 Å². The molecule has 0 radical (unpaired) electrons. The lowest BCUT2D eigenvalue weighted by Crippen LogP contribution is -2.38. The third-order valence-corrected chi connectivity index (χ3v) is 4.23. The van der Waals surface area contributed by atoms with Gasteiger partial charge in [-0.05, 0) is 43.4 Å². The molecule has 0 aromatic heterocycles. The minimum absolute atomic E-state index is 0.627. The molecule has 0 aromatic carbocycles. The normalized spacial score (nSPS) is 27.9. The largest absolute Gasteiger partial charge is 0.313 e. The van der Waals surface area contributed by atoms with Crippen LogP contribution >= 0.6 is 0 Å². The summed E-state index contributed by atoms with van der Waals surface area (Å²) in [5, 5.41) is 3.81. The first-order valence-electron chi connectivity index (χ1n) is 6.47. The van der Waals surface area contributed by atoms with Crippen molar-refractivity contribution in [2.75, 3.05) is 6.54 Å². The molecule has 1 N–H and O–H groups in total. The molecule has 2 saturated carbocycles. The van der Waals surface area contributed by atoms with Gasteiger partial charge in [0, 0.05) is 12.6 Å². The van der Waals surface area contributed by atoms with E-state index in [1.807, 2.05) is 0 Å². The fourth-order valence-electron chi connectivity index (χ4n) is 2.93. The molecule has 0 aliphatic heterocycles. The van der Waals surface area contributed by atoms with E-state index in [-0.39, 0.29) is 0 Å². The van der Waals surface area contributed by atoms with Crippen LogP contribution in [-0.2, 0) is 0 Å². The second kappa shape index (κ2) is 4.22. The molecule has 0 heterocycles. The molecule has 0 spiro atoms. The highest BCUT2D eigenvalue weighted by Crippen LogP contribution is 2.38. The summed E-state index contributed by atoms with van der Waals surface area (Å²) < 4.78 is 0. The molecule has 0 saturated heterocycles. The van der Waals surface area contributed by atoms with Gasteiger partial charge < -0.3 is 5.32 Å². The average Bonchev–Trinajstić information content (AvgIpc) is 2.91. The molecule has 2 aliphatic rings. The van der Waals surface area contributed by atoms with Crippen molar-refractivity contribution < 1.29 is 0 Å². The Labute approximate surface area is 88.7 Å². The third-order valence-electron chi connectivity index (χ3n) is 4.23. The van der Waals surface area contributed by atoms with Crippen molar-refractivity contribution in [2.45, 2.75) is 64.8 Å². The van der Waals surface area contributed by atoms with Crippen LogP contribution in [0.15, 0.2) is 0 Å². The van der Waals surface area contributed by atoms with Crippen LogP contribution in [0.4, 0.5) is 0 Å². The van der Waals surface area contributed by atoms with Crippen LogP contribution < -0.4 is 5.32 Å². The number of hydrogen-bond donors (Lipinski definition) is 1. The summed E-state index contributed by atoms with van der Waals surface area (Å²) in [6.45, 7) is 6.06. The Kier molecular flexibility index (Phi) is 3.16. The monoisotopic (exact) mass is 195 g/mol. The first-order chi connectivity index (χ1) is 6.73. The summed E-state index contributed by atoms with van der Waals surface area (Å²) in [5.74, 6) is 1.02. The Morgan fingerprint density at radius 1 is 1.29 bits per heavy atom. The van der Waals surface area contributed by atoms with Crippen molar-refractivity contribution in [2.24, 2.45) is 11.3 Å². The minimum Gasteiger partial charge on any atom is -0.313 e. The van der Waals surface area contributed by atoms with Crippen molar-refractivity contribution in [1.29, 1.82) is 0 Å². The highest BCUT2D eigenvalue weighted by molar-refractivity contribution is 4.89. The number of nitrogens with one attached hydrogen (secondary N) is 1. The van der Waals surface area contributed by atoms with E-state index in [1.165, 1.54) is 51.5 Å². The van der Waals surface area contributed by atoms with Crippen LogP contribution in [0.5, 0.6) is 0 Å². The molecular weight excluding hydrogens is 170 g/mol. The van der Waals surface area contributed by atoms with Crippen LogP contribution in [-0.4, -0.2) is 12.6 Å². The Bertz CT molecular complexity index is 178. The topological polar surface area (TPSA) is 12.0 Å². The van der Waals surface area contributed by atoms with Crippen molar-refractivity contribution in [3.63, 3.8) is 0 Å². The molecule has 1 heteroatoms. The van der Waals surface area contributed by atoms with Crippen LogP contribution in [0.3, 0.4) is 0 Å². The molecule has 1 atom stereocenters. The lowest BCUT2D eigenvalue weighted by molar-refractivity contribution is 0.285. The Morgan fingerprint density at radius 2 is 1.93 bits per heavy atom.